The Morgan fingerprint density at radius 1 is 1.29 bits per heavy atom. The van der Waals surface area contributed by atoms with Crippen molar-refractivity contribution in [2.24, 2.45) is 0 Å². The van der Waals surface area contributed by atoms with Gasteiger partial charge in [0.15, 0.2) is 0 Å². The van der Waals surface area contributed by atoms with Gasteiger partial charge in [0.05, 0.1) is 12.4 Å². The van der Waals surface area contributed by atoms with Crippen LogP contribution in [0, 0.1) is 0 Å². The number of allylic oxidation sites excluding steroid dienone is 1. The Hall–Kier alpha value is -0.390. The van der Waals surface area contributed by atoms with Crippen LogP contribution in [0.3, 0.4) is 0 Å². The summed E-state index contributed by atoms with van der Waals surface area (Å²) in [5, 5.41) is 0. The van der Waals surface area contributed by atoms with Crippen LogP contribution in [-0.2, 0) is 14.8 Å². The SMILES string of the molecule is C.COC/C=C\CCS(=O)(=O)N(C)C. The first kappa shape index (κ1) is 16.1. The Morgan fingerprint density at radius 2 is 1.86 bits per heavy atom. The molecule has 0 unspecified atom stereocenters. The van der Waals surface area contributed by atoms with Crippen molar-refractivity contribution >= 4 is 10.0 Å². The van der Waals surface area contributed by atoms with E-state index in [4.69, 9.17) is 4.74 Å². The van der Waals surface area contributed by atoms with Crippen molar-refractivity contribution in [2.45, 2.75) is 13.8 Å². The normalized spacial score (nSPS) is 12.0. The second kappa shape index (κ2) is 7.96. The van der Waals surface area contributed by atoms with Gasteiger partial charge in [0.25, 0.3) is 0 Å². The summed E-state index contributed by atoms with van der Waals surface area (Å²) in [5.74, 6) is 0.153. The fourth-order valence-electron chi connectivity index (χ4n) is 0.682. The number of hydrogen-bond donors (Lipinski definition) is 0. The maximum absolute atomic E-state index is 11.2. The third-order valence-electron chi connectivity index (χ3n) is 1.53. The Bertz CT molecular complexity index is 245. The lowest BCUT2D eigenvalue weighted by Gasteiger charge is -2.09. The summed E-state index contributed by atoms with van der Waals surface area (Å²) in [6.45, 7) is 0.530. The highest BCUT2D eigenvalue weighted by Gasteiger charge is 2.10. The molecule has 0 amide bonds. The van der Waals surface area contributed by atoms with E-state index in [0.717, 1.165) is 0 Å². The summed E-state index contributed by atoms with van der Waals surface area (Å²) >= 11 is 0. The van der Waals surface area contributed by atoms with Gasteiger partial charge in [-0.2, -0.15) is 0 Å². The van der Waals surface area contributed by atoms with Gasteiger partial charge in [-0.3, -0.25) is 0 Å². The second-order valence-corrected chi connectivity index (χ2v) is 5.12. The van der Waals surface area contributed by atoms with E-state index in [1.54, 1.807) is 7.11 Å². The van der Waals surface area contributed by atoms with Gasteiger partial charge >= 0.3 is 0 Å². The average Bonchev–Trinajstić information content (AvgIpc) is 2.03. The summed E-state index contributed by atoms with van der Waals surface area (Å²) in [6, 6.07) is 0. The van der Waals surface area contributed by atoms with Crippen LogP contribution in [0.25, 0.3) is 0 Å². The minimum absolute atomic E-state index is 0. The Labute approximate surface area is 87.6 Å². The molecule has 0 saturated carbocycles. The van der Waals surface area contributed by atoms with Crippen LogP contribution in [0.2, 0.25) is 0 Å². The molecule has 0 bridgehead atoms. The van der Waals surface area contributed by atoms with Gasteiger partial charge < -0.3 is 4.74 Å². The molecule has 4 nitrogen and oxygen atoms in total. The van der Waals surface area contributed by atoms with E-state index in [1.807, 2.05) is 12.2 Å². The quantitative estimate of drug-likeness (QED) is 0.634. The van der Waals surface area contributed by atoms with E-state index in [9.17, 15) is 8.42 Å². The number of sulfonamides is 1. The molecule has 5 heteroatoms. The molecule has 0 aliphatic carbocycles. The first-order valence-corrected chi connectivity index (χ1v) is 5.65. The maximum atomic E-state index is 11.2. The largest absolute Gasteiger partial charge is 0.381 e. The lowest BCUT2D eigenvalue weighted by Crippen LogP contribution is -2.24. The lowest BCUT2D eigenvalue weighted by atomic mass is 10.4. The van der Waals surface area contributed by atoms with Gasteiger partial charge in [0.2, 0.25) is 10.0 Å². The number of ether oxygens (including phenoxy) is 1. The van der Waals surface area contributed by atoms with Gasteiger partial charge in [-0.15, -0.1) is 0 Å². The zero-order valence-corrected chi connectivity index (χ0v) is 9.17. The van der Waals surface area contributed by atoms with Crippen molar-refractivity contribution in [1.29, 1.82) is 0 Å². The first-order chi connectivity index (χ1) is 6.00. The monoisotopic (exact) mass is 223 g/mol. The van der Waals surface area contributed by atoms with E-state index in [0.29, 0.717) is 13.0 Å². The van der Waals surface area contributed by atoms with Crippen LogP contribution in [0.1, 0.15) is 13.8 Å². The molecule has 0 radical (unpaired) electrons. The molecule has 0 heterocycles. The van der Waals surface area contributed by atoms with Gasteiger partial charge in [0, 0.05) is 21.2 Å². The fraction of sp³-hybridized carbons (Fsp3) is 0.778. The summed E-state index contributed by atoms with van der Waals surface area (Å²) in [4.78, 5) is 0. The third-order valence-corrected chi connectivity index (χ3v) is 3.39. The molecule has 0 aromatic carbocycles. The molecule has 0 aliphatic heterocycles. The molecule has 0 aliphatic rings. The molecule has 0 rings (SSSR count). The zero-order valence-electron chi connectivity index (χ0n) is 8.36. The molecule has 0 aromatic rings. The first-order valence-electron chi connectivity index (χ1n) is 4.05. The van der Waals surface area contributed by atoms with Crippen LogP contribution < -0.4 is 0 Å². The van der Waals surface area contributed by atoms with E-state index < -0.39 is 10.0 Å². The minimum atomic E-state index is -3.04. The van der Waals surface area contributed by atoms with Gasteiger partial charge in [0.1, 0.15) is 0 Å². The van der Waals surface area contributed by atoms with Crippen molar-refractivity contribution in [1.82, 2.24) is 4.31 Å². The summed E-state index contributed by atoms with van der Waals surface area (Å²) < 4.78 is 28.5. The topological polar surface area (TPSA) is 46.6 Å². The molecule has 0 spiro atoms. The Kier molecular flexibility index (Phi) is 9.13. The highest BCUT2D eigenvalue weighted by molar-refractivity contribution is 7.89. The van der Waals surface area contributed by atoms with E-state index in [2.05, 4.69) is 0 Å². The summed E-state index contributed by atoms with van der Waals surface area (Å²) in [6.07, 6.45) is 4.15. The molecule has 0 N–H and O–H groups in total. The van der Waals surface area contributed by atoms with Crippen LogP contribution in [0.15, 0.2) is 12.2 Å². The molecule has 86 valence electrons. The highest BCUT2D eigenvalue weighted by Crippen LogP contribution is 1.97. The van der Waals surface area contributed by atoms with Crippen molar-refractivity contribution in [2.75, 3.05) is 33.6 Å². The Balaban J connectivity index is 0. The van der Waals surface area contributed by atoms with Crippen molar-refractivity contribution < 1.29 is 13.2 Å². The molecular weight excluding hydrogens is 202 g/mol. The summed E-state index contributed by atoms with van der Waals surface area (Å²) in [7, 11) is 1.63. The van der Waals surface area contributed by atoms with Crippen molar-refractivity contribution in [3.8, 4) is 0 Å². The summed E-state index contributed by atoms with van der Waals surface area (Å²) in [5.41, 5.74) is 0. The molecule has 14 heavy (non-hydrogen) atoms. The molecular formula is C9H21NO3S. The fourth-order valence-corrected chi connectivity index (χ4v) is 1.48. The third kappa shape index (κ3) is 7.06. The van der Waals surface area contributed by atoms with Crippen LogP contribution in [0.4, 0.5) is 0 Å². The smallest absolute Gasteiger partial charge is 0.213 e. The van der Waals surface area contributed by atoms with E-state index >= 15 is 0 Å². The predicted octanol–water partition coefficient (Wildman–Crippen LogP) is 1.11. The zero-order chi connectivity index (χ0) is 10.3. The number of hydrogen-bond acceptors (Lipinski definition) is 3. The molecule has 0 aromatic heterocycles. The van der Waals surface area contributed by atoms with Crippen LogP contribution in [-0.4, -0.2) is 46.3 Å². The van der Waals surface area contributed by atoms with E-state index in [-0.39, 0.29) is 13.2 Å². The number of methoxy groups -OCH3 is 1. The number of rotatable bonds is 6. The maximum Gasteiger partial charge on any atom is 0.213 e. The van der Waals surface area contributed by atoms with Gasteiger partial charge in [-0.1, -0.05) is 19.6 Å². The second-order valence-electron chi connectivity index (χ2n) is 2.81. The molecule has 0 saturated heterocycles. The minimum Gasteiger partial charge on any atom is -0.381 e. The highest BCUT2D eigenvalue weighted by atomic mass is 32.2. The Morgan fingerprint density at radius 3 is 2.29 bits per heavy atom. The standard InChI is InChI=1S/C8H17NO3S.CH4/c1-9(2)13(10,11)8-6-4-5-7-12-3;/h4-5H,6-8H2,1-3H3;1H4/b5-4-;. The molecule has 0 atom stereocenters. The van der Waals surface area contributed by atoms with Gasteiger partial charge in [-0.05, 0) is 6.42 Å². The average molecular weight is 223 g/mol. The van der Waals surface area contributed by atoms with Crippen molar-refractivity contribution in [3.05, 3.63) is 12.2 Å². The van der Waals surface area contributed by atoms with Crippen molar-refractivity contribution in [3.63, 3.8) is 0 Å². The molecule has 0 fully saturated rings. The van der Waals surface area contributed by atoms with Crippen LogP contribution >= 0.6 is 0 Å². The lowest BCUT2D eigenvalue weighted by molar-refractivity contribution is 0.233. The van der Waals surface area contributed by atoms with Crippen LogP contribution in [0.5, 0.6) is 0 Å². The predicted molar refractivity (Wildman–Crippen MR) is 59.8 cm³/mol. The number of nitrogens with zero attached hydrogens (tertiary/aromatic N) is 1. The van der Waals surface area contributed by atoms with Gasteiger partial charge in [-0.25, -0.2) is 12.7 Å². The van der Waals surface area contributed by atoms with E-state index in [1.165, 1.54) is 18.4 Å².